The maximum absolute atomic E-state index is 12.9. The summed E-state index contributed by atoms with van der Waals surface area (Å²) in [6, 6.07) is 0.179. The van der Waals surface area contributed by atoms with Crippen LogP contribution in [0.4, 0.5) is 0 Å². The summed E-state index contributed by atoms with van der Waals surface area (Å²) in [6.45, 7) is 4.55. The first-order chi connectivity index (χ1) is 13.2. The summed E-state index contributed by atoms with van der Waals surface area (Å²) in [7, 11) is -3.24. The van der Waals surface area contributed by atoms with E-state index in [-0.39, 0.29) is 23.1 Å². The highest BCUT2D eigenvalue weighted by Gasteiger charge is 2.53. The van der Waals surface area contributed by atoms with Crippen molar-refractivity contribution in [2.75, 3.05) is 13.1 Å². The van der Waals surface area contributed by atoms with Gasteiger partial charge in [-0.3, -0.25) is 4.79 Å². The van der Waals surface area contributed by atoms with E-state index in [0.29, 0.717) is 50.1 Å². The lowest BCUT2D eigenvalue weighted by atomic mass is 9.77. The van der Waals surface area contributed by atoms with Gasteiger partial charge >= 0.3 is 0 Å². The molecule has 3 aliphatic carbocycles. The summed E-state index contributed by atoms with van der Waals surface area (Å²) in [6.07, 6.45) is 7.86. The van der Waals surface area contributed by atoms with E-state index < -0.39 is 15.6 Å². The molecule has 0 aromatic carbocycles. The third-order valence-corrected chi connectivity index (χ3v) is 10.6. The van der Waals surface area contributed by atoms with Crippen LogP contribution >= 0.6 is 0 Å². The lowest BCUT2D eigenvalue weighted by Crippen LogP contribution is -2.48. The molecule has 4 rings (SSSR count). The van der Waals surface area contributed by atoms with Gasteiger partial charge in [0.2, 0.25) is 15.9 Å². The van der Waals surface area contributed by atoms with Gasteiger partial charge < -0.3 is 10.4 Å². The minimum atomic E-state index is -3.24. The first kappa shape index (κ1) is 20.6. The molecule has 1 heterocycles. The Kier molecular flexibility index (Phi) is 5.55. The van der Waals surface area contributed by atoms with E-state index >= 15 is 0 Å². The van der Waals surface area contributed by atoms with Crippen molar-refractivity contribution in [2.45, 2.75) is 88.5 Å². The molecule has 3 bridgehead atoms. The molecule has 6 unspecified atom stereocenters. The lowest BCUT2D eigenvalue weighted by molar-refractivity contribution is -0.127. The number of rotatable bonds is 5. The van der Waals surface area contributed by atoms with E-state index in [1.165, 1.54) is 6.42 Å². The van der Waals surface area contributed by atoms with E-state index in [2.05, 4.69) is 5.32 Å². The van der Waals surface area contributed by atoms with Crippen LogP contribution in [0, 0.1) is 23.7 Å². The summed E-state index contributed by atoms with van der Waals surface area (Å²) < 4.78 is 26.7. The zero-order valence-electron chi connectivity index (χ0n) is 17.3. The third-order valence-electron chi connectivity index (χ3n) is 8.17. The Bertz CT molecular complexity index is 703. The number of hydrogen-bond acceptors (Lipinski definition) is 4. The van der Waals surface area contributed by atoms with E-state index in [1.54, 1.807) is 11.2 Å². The topological polar surface area (TPSA) is 86.7 Å². The molecule has 28 heavy (non-hydrogen) atoms. The van der Waals surface area contributed by atoms with Crippen molar-refractivity contribution >= 4 is 15.9 Å². The Morgan fingerprint density at radius 3 is 2.57 bits per heavy atom. The zero-order chi connectivity index (χ0) is 20.1. The summed E-state index contributed by atoms with van der Waals surface area (Å²) in [5.74, 6) is 1.58. The van der Waals surface area contributed by atoms with Gasteiger partial charge in [-0.1, -0.05) is 6.92 Å². The average molecular weight is 413 g/mol. The van der Waals surface area contributed by atoms with Crippen molar-refractivity contribution in [1.82, 2.24) is 9.62 Å². The summed E-state index contributed by atoms with van der Waals surface area (Å²) >= 11 is 0. The molecule has 6 atom stereocenters. The molecule has 3 saturated carbocycles. The Labute approximate surface area is 169 Å². The van der Waals surface area contributed by atoms with Crippen molar-refractivity contribution in [3.8, 4) is 0 Å². The Balaban J connectivity index is 1.34. The van der Waals surface area contributed by atoms with Crippen LogP contribution in [0.15, 0.2) is 0 Å². The molecule has 1 saturated heterocycles. The smallest absolute Gasteiger partial charge is 0.223 e. The number of nitrogens with zero attached hydrogens (tertiary/aromatic N) is 1. The van der Waals surface area contributed by atoms with E-state index in [1.807, 2.05) is 6.92 Å². The molecule has 1 aliphatic heterocycles. The van der Waals surface area contributed by atoms with Gasteiger partial charge in [0.25, 0.3) is 0 Å². The summed E-state index contributed by atoms with van der Waals surface area (Å²) in [5, 5.41) is 13.8. The zero-order valence-corrected chi connectivity index (χ0v) is 18.1. The third kappa shape index (κ3) is 3.74. The van der Waals surface area contributed by atoms with Crippen molar-refractivity contribution in [3.63, 3.8) is 0 Å². The molecule has 160 valence electrons. The van der Waals surface area contributed by atoms with Crippen LogP contribution in [0.25, 0.3) is 0 Å². The fourth-order valence-electron chi connectivity index (χ4n) is 6.44. The Hall–Kier alpha value is -0.660. The van der Waals surface area contributed by atoms with Gasteiger partial charge in [-0.15, -0.1) is 0 Å². The standard InChI is InChI=1S/C21H36N2O4S/c1-3-14(2)28(26,27)23-8-6-16(7-9-23)20(24)22-19-5-4-15-10-17-12-21(25,11-15)13-18(17)19/h14-19,25H,3-13H2,1-2H3,(H,22,24). The molecule has 0 spiro atoms. The predicted molar refractivity (Wildman–Crippen MR) is 108 cm³/mol. The SMILES string of the molecule is CCC(C)S(=O)(=O)N1CCC(C(=O)NC2CCC3CC4CC(O)(C3)CC42)CC1. The number of carbonyl (C=O) groups is 1. The molecule has 0 aromatic heterocycles. The number of hydrogen-bond donors (Lipinski definition) is 2. The van der Waals surface area contributed by atoms with Crippen molar-refractivity contribution in [2.24, 2.45) is 23.7 Å². The van der Waals surface area contributed by atoms with Crippen LogP contribution in [0.5, 0.6) is 0 Å². The molecule has 4 fully saturated rings. The molecule has 0 aromatic rings. The number of fused-ring (bicyclic) bond motifs is 2. The molecular formula is C21H36N2O4S. The molecule has 7 heteroatoms. The maximum Gasteiger partial charge on any atom is 0.223 e. The Morgan fingerprint density at radius 2 is 1.89 bits per heavy atom. The Morgan fingerprint density at radius 1 is 1.18 bits per heavy atom. The first-order valence-electron chi connectivity index (χ1n) is 11.2. The van der Waals surface area contributed by atoms with Crippen LogP contribution in [0.2, 0.25) is 0 Å². The molecule has 1 amide bonds. The van der Waals surface area contributed by atoms with Crippen molar-refractivity contribution in [3.05, 3.63) is 0 Å². The highest BCUT2D eigenvalue weighted by Crippen LogP contribution is 2.55. The number of aliphatic hydroxyl groups is 1. The van der Waals surface area contributed by atoms with Gasteiger partial charge in [0.1, 0.15) is 0 Å². The molecule has 6 nitrogen and oxygen atoms in total. The van der Waals surface area contributed by atoms with Gasteiger partial charge in [-0.25, -0.2) is 12.7 Å². The van der Waals surface area contributed by atoms with Crippen LogP contribution in [0.3, 0.4) is 0 Å². The van der Waals surface area contributed by atoms with Crippen LogP contribution < -0.4 is 5.32 Å². The number of carbonyl (C=O) groups excluding carboxylic acids is 1. The van der Waals surface area contributed by atoms with Gasteiger partial charge in [0.05, 0.1) is 10.9 Å². The normalized spacial score (nSPS) is 40.2. The second-order valence-electron chi connectivity index (χ2n) is 9.99. The van der Waals surface area contributed by atoms with E-state index in [9.17, 15) is 18.3 Å². The fourth-order valence-corrected chi connectivity index (χ4v) is 8.09. The highest BCUT2D eigenvalue weighted by atomic mass is 32.2. The second kappa shape index (κ2) is 7.55. The minimum absolute atomic E-state index is 0.0934. The number of sulfonamides is 1. The average Bonchev–Trinajstić information content (AvgIpc) is 2.85. The van der Waals surface area contributed by atoms with Crippen LogP contribution in [-0.2, 0) is 14.8 Å². The second-order valence-corrected chi connectivity index (χ2v) is 12.3. The van der Waals surface area contributed by atoms with Crippen LogP contribution in [0.1, 0.15) is 71.6 Å². The quantitative estimate of drug-likeness (QED) is 0.725. The van der Waals surface area contributed by atoms with Crippen molar-refractivity contribution in [1.29, 1.82) is 0 Å². The molecular weight excluding hydrogens is 376 g/mol. The minimum Gasteiger partial charge on any atom is -0.390 e. The monoisotopic (exact) mass is 412 g/mol. The fraction of sp³-hybridized carbons (Fsp3) is 0.952. The van der Waals surface area contributed by atoms with E-state index in [0.717, 1.165) is 32.1 Å². The number of piperidine rings is 1. The number of amides is 1. The highest BCUT2D eigenvalue weighted by molar-refractivity contribution is 7.89. The summed E-state index contributed by atoms with van der Waals surface area (Å²) in [5.41, 5.74) is -0.489. The molecule has 0 radical (unpaired) electrons. The predicted octanol–water partition coefficient (Wildman–Crippen LogP) is 2.27. The molecule has 2 N–H and O–H groups in total. The van der Waals surface area contributed by atoms with Gasteiger partial charge in [0.15, 0.2) is 0 Å². The molecule has 4 aliphatic rings. The van der Waals surface area contributed by atoms with Gasteiger partial charge in [-0.2, -0.15) is 0 Å². The van der Waals surface area contributed by atoms with E-state index in [4.69, 9.17) is 0 Å². The number of nitrogens with one attached hydrogen (secondary N) is 1. The van der Waals surface area contributed by atoms with Crippen molar-refractivity contribution < 1.29 is 18.3 Å². The van der Waals surface area contributed by atoms with Crippen LogP contribution in [-0.4, -0.2) is 53.7 Å². The van der Waals surface area contributed by atoms with Gasteiger partial charge in [0, 0.05) is 25.0 Å². The summed E-state index contributed by atoms with van der Waals surface area (Å²) in [4.78, 5) is 12.9. The first-order valence-corrected chi connectivity index (χ1v) is 12.7. The largest absolute Gasteiger partial charge is 0.390 e. The lowest BCUT2D eigenvalue weighted by Gasteiger charge is -2.35. The maximum atomic E-state index is 12.9. The van der Waals surface area contributed by atoms with Gasteiger partial charge in [-0.05, 0) is 82.5 Å².